The fourth-order valence-corrected chi connectivity index (χ4v) is 4.71. The van der Waals surface area contributed by atoms with Gasteiger partial charge in [0.05, 0.1) is 5.02 Å². The number of halogens is 3. The first-order valence-electron chi connectivity index (χ1n) is 10.7. The number of benzene rings is 1. The van der Waals surface area contributed by atoms with Gasteiger partial charge in [-0.1, -0.05) is 11.6 Å². The van der Waals surface area contributed by atoms with Gasteiger partial charge in [-0.15, -0.1) is 12.4 Å². The third-order valence-electron chi connectivity index (χ3n) is 6.16. The lowest BCUT2D eigenvalue weighted by atomic mass is 10.1. The number of hydrogen-bond donors (Lipinski definition) is 0. The van der Waals surface area contributed by atoms with Crippen LogP contribution in [0.25, 0.3) is 22.6 Å². The van der Waals surface area contributed by atoms with Crippen molar-refractivity contribution in [3.8, 4) is 11.4 Å². The van der Waals surface area contributed by atoms with Gasteiger partial charge in [0.25, 0.3) is 0 Å². The number of likely N-dealkylation sites (N-methyl/N-ethyl adjacent to an activating group) is 1. The van der Waals surface area contributed by atoms with Gasteiger partial charge in [0.1, 0.15) is 17.5 Å². The molecular weight excluding hydrogens is 454 g/mol. The summed E-state index contributed by atoms with van der Waals surface area (Å²) in [5.74, 6) is 1.92. The van der Waals surface area contributed by atoms with Crippen LogP contribution in [0.1, 0.15) is 24.7 Å². The summed E-state index contributed by atoms with van der Waals surface area (Å²) in [5, 5.41) is 0.342. The van der Waals surface area contributed by atoms with Crippen molar-refractivity contribution in [2.75, 3.05) is 51.3 Å². The Bertz CT molecular complexity index is 1110. The Kier molecular flexibility index (Phi) is 6.86. The van der Waals surface area contributed by atoms with Crippen LogP contribution in [0.2, 0.25) is 5.02 Å². The van der Waals surface area contributed by atoms with Crippen molar-refractivity contribution < 1.29 is 9.13 Å². The van der Waals surface area contributed by atoms with E-state index in [1.807, 2.05) is 6.92 Å². The Hall–Kier alpha value is -2.00. The lowest BCUT2D eigenvalue weighted by Gasteiger charge is -2.33. The maximum atomic E-state index is 13.8. The van der Waals surface area contributed by atoms with Crippen molar-refractivity contribution in [3.05, 3.63) is 34.9 Å². The van der Waals surface area contributed by atoms with E-state index >= 15 is 0 Å². The number of aryl methyl sites for hydroxylation is 1. The highest BCUT2D eigenvalue weighted by Gasteiger charge is 2.28. The van der Waals surface area contributed by atoms with E-state index in [1.165, 1.54) is 12.1 Å². The zero-order valence-corrected chi connectivity index (χ0v) is 19.8. The van der Waals surface area contributed by atoms with Crippen LogP contribution in [-0.4, -0.2) is 70.9 Å². The summed E-state index contributed by atoms with van der Waals surface area (Å²) >= 11 is 6.47. The molecule has 5 rings (SSSR count). The van der Waals surface area contributed by atoms with Gasteiger partial charge in [-0.25, -0.2) is 19.3 Å². The molecule has 10 heteroatoms. The minimum atomic E-state index is -0.365. The SMILES string of the molecule is Cc1nc(N2CCN(C)CC2)c2nc(-c3ccc(F)cc3Cl)n(C3CCOCC3)c2n1.Cl. The summed E-state index contributed by atoms with van der Waals surface area (Å²) in [6.45, 7) is 7.03. The third-order valence-corrected chi connectivity index (χ3v) is 6.48. The van der Waals surface area contributed by atoms with Crippen LogP contribution in [0.15, 0.2) is 18.2 Å². The number of fused-ring (bicyclic) bond motifs is 1. The van der Waals surface area contributed by atoms with Gasteiger partial charge in [0.15, 0.2) is 17.0 Å². The number of ether oxygens (including phenoxy) is 1. The number of imidazole rings is 1. The van der Waals surface area contributed by atoms with Gasteiger partial charge in [-0.3, -0.25) is 0 Å². The topological polar surface area (TPSA) is 59.3 Å². The average Bonchev–Trinajstić information content (AvgIpc) is 3.13. The predicted octanol–water partition coefficient (Wildman–Crippen LogP) is 4.12. The fraction of sp³-hybridized carbons (Fsp3) is 0.500. The van der Waals surface area contributed by atoms with Crippen LogP contribution in [-0.2, 0) is 4.74 Å². The fourth-order valence-electron chi connectivity index (χ4n) is 4.45. The Morgan fingerprint density at radius 3 is 2.47 bits per heavy atom. The van der Waals surface area contributed by atoms with Crippen LogP contribution in [0.5, 0.6) is 0 Å². The van der Waals surface area contributed by atoms with Crippen LogP contribution in [0.3, 0.4) is 0 Å². The highest BCUT2D eigenvalue weighted by atomic mass is 35.5. The van der Waals surface area contributed by atoms with E-state index in [4.69, 9.17) is 31.3 Å². The van der Waals surface area contributed by atoms with E-state index in [1.54, 1.807) is 6.07 Å². The van der Waals surface area contributed by atoms with Crippen molar-refractivity contribution in [2.45, 2.75) is 25.8 Å². The standard InChI is InChI=1S/C22H26ClFN6O.ClH/c1-14-25-21(29-9-7-28(2)8-10-29)19-22(26-14)30(16-5-11-31-12-6-16)20(27-19)17-4-3-15(24)13-18(17)23;/h3-4,13,16H,5-12H2,1-2H3;1H. The minimum absolute atomic E-state index is 0. The summed E-state index contributed by atoms with van der Waals surface area (Å²) in [5.41, 5.74) is 2.29. The van der Waals surface area contributed by atoms with Crippen molar-refractivity contribution in [2.24, 2.45) is 0 Å². The zero-order valence-electron chi connectivity index (χ0n) is 18.2. The molecule has 172 valence electrons. The molecule has 2 saturated heterocycles. The van der Waals surface area contributed by atoms with Gasteiger partial charge in [-0.05, 0) is 45.0 Å². The second-order valence-corrected chi connectivity index (χ2v) is 8.74. The van der Waals surface area contributed by atoms with Gasteiger partial charge < -0.3 is 19.1 Å². The molecule has 0 aliphatic carbocycles. The molecule has 0 N–H and O–H groups in total. The van der Waals surface area contributed by atoms with Gasteiger partial charge in [0, 0.05) is 51.0 Å². The monoisotopic (exact) mass is 480 g/mol. The Morgan fingerprint density at radius 1 is 1.06 bits per heavy atom. The quantitative estimate of drug-likeness (QED) is 0.561. The molecular formula is C22H27Cl2FN6O. The first-order chi connectivity index (χ1) is 15.0. The van der Waals surface area contributed by atoms with Crippen LogP contribution >= 0.6 is 24.0 Å². The maximum absolute atomic E-state index is 13.8. The van der Waals surface area contributed by atoms with Crippen molar-refractivity contribution in [3.63, 3.8) is 0 Å². The largest absolute Gasteiger partial charge is 0.381 e. The Balaban J connectivity index is 0.00000245. The molecule has 7 nitrogen and oxygen atoms in total. The van der Waals surface area contributed by atoms with Crippen LogP contribution in [0.4, 0.5) is 10.2 Å². The Labute approximate surface area is 198 Å². The number of hydrogen-bond acceptors (Lipinski definition) is 6. The minimum Gasteiger partial charge on any atom is -0.381 e. The molecule has 2 aromatic heterocycles. The summed E-state index contributed by atoms with van der Waals surface area (Å²) in [7, 11) is 2.13. The molecule has 0 spiro atoms. The number of aromatic nitrogens is 4. The molecule has 32 heavy (non-hydrogen) atoms. The predicted molar refractivity (Wildman–Crippen MR) is 127 cm³/mol. The maximum Gasteiger partial charge on any atom is 0.166 e. The summed E-state index contributed by atoms with van der Waals surface area (Å²) in [6.07, 6.45) is 1.73. The smallest absolute Gasteiger partial charge is 0.166 e. The van der Waals surface area contributed by atoms with E-state index in [-0.39, 0.29) is 24.3 Å². The molecule has 3 aromatic rings. The number of anilines is 1. The van der Waals surface area contributed by atoms with E-state index in [0.717, 1.165) is 56.0 Å². The van der Waals surface area contributed by atoms with Gasteiger partial charge in [-0.2, -0.15) is 0 Å². The van der Waals surface area contributed by atoms with E-state index < -0.39 is 0 Å². The van der Waals surface area contributed by atoms with Crippen molar-refractivity contribution in [1.82, 2.24) is 24.4 Å². The summed E-state index contributed by atoms with van der Waals surface area (Å²) < 4.78 is 21.5. The number of rotatable bonds is 3. The molecule has 2 fully saturated rings. The van der Waals surface area contributed by atoms with Crippen molar-refractivity contribution in [1.29, 1.82) is 0 Å². The number of nitrogens with zero attached hydrogens (tertiary/aromatic N) is 6. The first kappa shape index (κ1) is 23.2. The van der Waals surface area contributed by atoms with Crippen LogP contribution < -0.4 is 4.90 Å². The molecule has 0 bridgehead atoms. The molecule has 0 unspecified atom stereocenters. The molecule has 2 aliphatic rings. The average molecular weight is 481 g/mol. The second-order valence-electron chi connectivity index (χ2n) is 8.33. The van der Waals surface area contributed by atoms with Gasteiger partial charge in [0.2, 0.25) is 0 Å². The van der Waals surface area contributed by atoms with E-state index in [0.29, 0.717) is 35.4 Å². The molecule has 0 saturated carbocycles. The molecule has 0 atom stereocenters. The number of piperazine rings is 1. The molecule has 0 amide bonds. The molecule has 1 aromatic carbocycles. The Morgan fingerprint density at radius 2 is 1.78 bits per heavy atom. The highest BCUT2D eigenvalue weighted by Crippen LogP contribution is 2.37. The molecule has 4 heterocycles. The summed E-state index contributed by atoms with van der Waals surface area (Å²) in [4.78, 5) is 19.2. The molecule has 2 aliphatic heterocycles. The lowest BCUT2D eigenvalue weighted by Crippen LogP contribution is -2.45. The van der Waals surface area contributed by atoms with E-state index in [2.05, 4.69) is 21.4 Å². The first-order valence-corrected chi connectivity index (χ1v) is 11.1. The zero-order chi connectivity index (χ0) is 21.5. The van der Waals surface area contributed by atoms with Gasteiger partial charge >= 0.3 is 0 Å². The van der Waals surface area contributed by atoms with Crippen molar-refractivity contribution >= 4 is 41.0 Å². The second kappa shape index (κ2) is 9.47. The lowest BCUT2D eigenvalue weighted by molar-refractivity contribution is 0.0708. The summed E-state index contributed by atoms with van der Waals surface area (Å²) in [6, 6.07) is 4.64. The van der Waals surface area contributed by atoms with Crippen LogP contribution in [0, 0.1) is 12.7 Å². The van der Waals surface area contributed by atoms with E-state index in [9.17, 15) is 4.39 Å². The normalized spacial score (nSPS) is 18.2. The third kappa shape index (κ3) is 4.29. The highest BCUT2D eigenvalue weighted by molar-refractivity contribution is 6.33. The molecule has 0 radical (unpaired) electrons.